The van der Waals surface area contributed by atoms with Gasteiger partial charge in [-0.05, 0) is 45.4 Å². The van der Waals surface area contributed by atoms with Crippen molar-refractivity contribution in [3.63, 3.8) is 0 Å². The Balaban J connectivity index is 2.13. The second-order valence-electron chi connectivity index (χ2n) is 6.00. The number of likely N-dealkylation sites (N-methyl/N-ethyl adjacent to an activating group) is 1. The smallest absolute Gasteiger partial charge is 0.0631 e. The van der Waals surface area contributed by atoms with Crippen LogP contribution in [0.5, 0.6) is 0 Å². The van der Waals surface area contributed by atoms with E-state index >= 15 is 0 Å². The molecule has 3 heteroatoms. The molecule has 1 aromatic carbocycles. The molecule has 3 nitrogen and oxygen atoms in total. The van der Waals surface area contributed by atoms with Crippen molar-refractivity contribution in [3.8, 4) is 0 Å². The van der Waals surface area contributed by atoms with Gasteiger partial charge in [-0.15, -0.1) is 0 Å². The van der Waals surface area contributed by atoms with Gasteiger partial charge in [0.05, 0.1) is 5.69 Å². The van der Waals surface area contributed by atoms with Gasteiger partial charge >= 0.3 is 0 Å². The van der Waals surface area contributed by atoms with Gasteiger partial charge in [-0.2, -0.15) is 5.10 Å². The van der Waals surface area contributed by atoms with Crippen LogP contribution in [0.1, 0.15) is 49.6 Å². The number of benzene rings is 1. The van der Waals surface area contributed by atoms with Gasteiger partial charge in [-0.1, -0.05) is 36.8 Å². The van der Waals surface area contributed by atoms with Gasteiger partial charge in [-0.3, -0.25) is 4.68 Å². The number of aromatic nitrogens is 2. The average molecular weight is 285 g/mol. The van der Waals surface area contributed by atoms with Crippen molar-refractivity contribution in [1.82, 2.24) is 15.1 Å². The summed E-state index contributed by atoms with van der Waals surface area (Å²) in [6.07, 6.45) is 3.06. The lowest BCUT2D eigenvalue weighted by atomic mass is 9.93. The first kappa shape index (κ1) is 15.8. The van der Waals surface area contributed by atoms with Gasteiger partial charge in [0.2, 0.25) is 0 Å². The van der Waals surface area contributed by atoms with Crippen LogP contribution in [-0.4, -0.2) is 22.9 Å². The molecular weight excluding hydrogens is 258 g/mol. The molecule has 0 spiro atoms. The maximum Gasteiger partial charge on any atom is 0.0631 e. The van der Waals surface area contributed by atoms with E-state index < -0.39 is 0 Å². The van der Waals surface area contributed by atoms with E-state index in [0.717, 1.165) is 19.5 Å². The van der Waals surface area contributed by atoms with E-state index in [1.165, 1.54) is 16.8 Å². The third-order valence-corrected chi connectivity index (χ3v) is 3.84. The van der Waals surface area contributed by atoms with Crippen LogP contribution >= 0.6 is 0 Å². The highest BCUT2D eigenvalue weighted by Gasteiger charge is 2.14. The molecule has 0 aliphatic carbocycles. The van der Waals surface area contributed by atoms with Crippen LogP contribution < -0.4 is 5.32 Å². The molecule has 1 heterocycles. The lowest BCUT2D eigenvalue weighted by molar-refractivity contribution is 0.518. The molecule has 1 N–H and O–H groups in total. The monoisotopic (exact) mass is 285 g/mol. The molecule has 0 radical (unpaired) electrons. The molecular formula is C18H27N3. The summed E-state index contributed by atoms with van der Waals surface area (Å²) in [7, 11) is 0. The summed E-state index contributed by atoms with van der Waals surface area (Å²) in [6.45, 7) is 10.6. The summed E-state index contributed by atoms with van der Waals surface area (Å²) in [5.74, 6) is 0.473. The summed E-state index contributed by atoms with van der Waals surface area (Å²) in [6, 6.07) is 11.5. The first-order valence-electron chi connectivity index (χ1n) is 7.91. The van der Waals surface area contributed by atoms with Crippen LogP contribution in [0.2, 0.25) is 0 Å². The molecule has 0 saturated carbocycles. The molecule has 0 fully saturated rings. The highest BCUT2D eigenvalue weighted by molar-refractivity contribution is 5.26. The Labute approximate surface area is 128 Å². The topological polar surface area (TPSA) is 29.9 Å². The Hall–Kier alpha value is -1.61. The van der Waals surface area contributed by atoms with Gasteiger partial charge in [0.1, 0.15) is 0 Å². The van der Waals surface area contributed by atoms with Crippen molar-refractivity contribution in [2.45, 2.75) is 46.1 Å². The van der Waals surface area contributed by atoms with Crippen LogP contribution in [0.15, 0.2) is 36.5 Å². The molecule has 2 rings (SSSR count). The highest BCUT2D eigenvalue weighted by atomic mass is 15.3. The zero-order valence-corrected chi connectivity index (χ0v) is 13.6. The predicted octanol–water partition coefficient (Wildman–Crippen LogP) is 3.71. The van der Waals surface area contributed by atoms with Crippen LogP contribution in [0.3, 0.4) is 0 Å². The van der Waals surface area contributed by atoms with Gasteiger partial charge in [0.25, 0.3) is 0 Å². The molecule has 1 aromatic heterocycles. The molecule has 114 valence electrons. The van der Waals surface area contributed by atoms with E-state index in [9.17, 15) is 0 Å². The van der Waals surface area contributed by atoms with E-state index in [2.05, 4.69) is 74.6 Å². The molecule has 0 bridgehead atoms. The minimum Gasteiger partial charge on any atom is -0.316 e. The van der Waals surface area contributed by atoms with E-state index in [1.54, 1.807) is 0 Å². The second-order valence-corrected chi connectivity index (χ2v) is 6.00. The van der Waals surface area contributed by atoms with E-state index in [-0.39, 0.29) is 0 Å². The van der Waals surface area contributed by atoms with E-state index in [1.807, 2.05) is 4.68 Å². The highest BCUT2D eigenvalue weighted by Crippen LogP contribution is 2.21. The molecule has 2 aromatic rings. The first-order valence-corrected chi connectivity index (χ1v) is 7.91. The van der Waals surface area contributed by atoms with E-state index in [0.29, 0.717) is 12.0 Å². The Morgan fingerprint density at radius 1 is 1.14 bits per heavy atom. The van der Waals surface area contributed by atoms with Crippen LogP contribution in [0.25, 0.3) is 0 Å². The summed E-state index contributed by atoms with van der Waals surface area (Å²) >= 11 is 0. The maximum atomic E-state index is 4.69. The maximum absolute atomic E-state index is 4.69. The number of aryl methyl sites for hydroxylation is 1. The standard InChI is InChI=1S/C18H27N3/c1-5-19-13-17(16-8-6-15(4)7-9-16)12-18-10-11-21(20-18)14(2)3/h6-11,14,17,19H,5,12-13H2,1-4H3. The van der Waals surface area contributed by atoms with Crippen molar-refractivity contribution in [1.29, 1.82) is 0 Å². The van der Waals surface area contributed by atoms with Crippen molar-refractivity contribution in [2.75, 3.05) is 13.1 Å². The van der Waals surface area contributed by atoms with E-state index in [4.69, 9.17) is 0 Å². The first-order chi connectivity index (χ1) is 10.1. The zero-order valence-electron chi connectivity index (χ0n) is 13.6. The Kier molecular flexibility index (Phi) is 5.57. The molecule has 0 amide bonds. The molecule has 1 atom stereocenters. The SMILES string of the molecule is CCNCC(Cc1ccn(C(C)C)n1)c1ccc(C)cc1. The Morgan fingerprint density at radius 2 is 1.86 bits per heavy atom. The normalized spacial score (nSPS) is 12.8. The third kappa shape index (κ3) is 4.43. The van der Waals surface area contributed by atoms with Crippen molar-refractivity contribution < 1.29 is 0 Å². The fourth-order valence-corrected chi connectivity index (χ4v) is 2.49. The number of nitrogens with one attached hydrogen (secondary N) is 1. The predicted molar refractivity (Wildman–Crippen MR) is 88.8 cm³/mol. The lowest BCUT2D eigenvalue weighted by Gasteiger charge is -2.17. The number of nitrogens with zero attached hydrogens (tertiary/aromatic N) is 2. The van der Waals surface area contributed by atoms with Gasteiger partial charge in [0, 0.05) is 24.7 Å². The number of hydrogen-bond donors (Lipinski definition) is 1. The molecule has 21 heavy (non-hydrogen) atoms. The molecule has 0 aliphatic rings. The quantitative estimate of drug-likeness (QED) is 0.840. The number of rotatable bonds is 7. The Morgan fingerprint density at radius 3 is 2.43 bits per heavy atom. The van der Waals surface area contributed by atoms with Crippen LogP contribution in [-0.2, 0) is 6.42 Å². The van der Waals surface area contributed by atoms with Gasteiger partial charge in [-0.25, -0.2) is 0 Å². The van der Waals surface area contributed by atoms with Gasteiger partial charge < -0.3 is 5.32 Å². The average Bonchev–Trinajstić information content (AvgIpc) is 2.93. The molecule has 0 aliphatic heterocycles. The van der Waals surface area contributed by atoms with Crippen LogP contribution in [0, 0.1) is 6.92 Å². The van der Waals surface area contributed by atoms with Crippen LogP contribution in [0.4, 0.5) is 0 Å². The lowest BCUT2D eigenvalue weighted by Crippen LogP contribution is -2.23. The summed E-state index contributed by atoms with van der Waals surface area (Å²) in [4.78, 5) is 0. The summed E-state index contributed by atoms with van der Waals surface area (Å²) < 4.78 is 2.04. The van der Waals surface area contributed by atoms with Crippen molar-refractivity contribution in [3.05, 3.63) is 53.3 Å². The Bertz CT molecular complexity index is 540. The molecule has 0 saturated heterocycles. The minimum atomic E-state index is 0.422. The van der Waals surface area contributed by atoms with Crippen molar-refractivity contribution in [2.24, 2.45) is 0 Å². The number of hydrogen-bond acceptors (Lipinski definition) is 2. The van der Waals surface area contributed by atoms with Crippen molar-refractivity contribution >= 4 is 0 Å². The fraction of sp³-hybridized carbons (Fsp3) is 0.500. The molecule has 1 unspecified atom stereocenters. The second kappa shape index (κ2) is 7.41. The largest absolute Gasteiger partial charge is 0.316 e. The summed E-state index contributed by atoms with van der Waals surface area (Å²) in [5.41, 5.74) is 3.87. The third-order valence-electron chi connectivity index (χ3n) is 3.84. The fourth-order valence-electron chi connectivity index (χ4n) is 2.49. The zero-order chi connectivity index (χ0) is 15.2. The minimum absolute atomic E-state index is 0.422. The summed E-state index contributed by atoms with van der Waals surface area (Å²) in [5, 5.41) is 8.17. The van der Waals surface area contributed by atoms with Gasteiger partial charge in [0.15, 0.2) is 0 Å².